The minimum atomic E-state index is -4.19. The van der Waals surface area contributed by atoms with E-state index in [-0.39, 0.29) is 18.7 Å². The third-order valence-corrected chi connectivity index (χ3v) is 4.45. The molecule has 1 aromatic carbocycles. The molecule has 1 saturated heterocycles. The number of hydrogen-bond donors (Lipinski definition) is 1. The van der Waals surface area contributed by atoms with Crippen molar-refractivity contribution in [2.75, 3.05) is 18.5 Å². The summed E-state index contributed by atoms with van der Waals surface area (Å²) in [6.07, 6.45) is -0.566. The van der Waals surface area contributed by atoms with Crippen molar-refractivity contribution in [2.45, 2.75) is 37.8 Å². The molecular formula is C19H20F4N2O3. The van der Waals surface area contributed by atoms with Crippen molar-refractivity contribution in [1.29, 1.82) is 0 Å². The molecule has 2 heterocycles. The van der Waals surface area contributed by atoms with Gasteiger partial charge in [0.2, 0.25) is 0 Å². The summed E-state index contributed by atoms with van der Waals surface area (Å²) in [5.41, 5.74) is 0.934. The molecule has 5 nitrogen and oxygen atoms in total. The molecule has 1 N–H and O–H groups in total. The Balaban J connectivity index is 1.57. The molecule has 1 aliphatic rings. The Bertz CT molecular complexity index is 783. The average Bonchev–Trinajstić information content (AvgIpc) is 3.33. The van der Waals surface area contributed by atoms with Crippen LogP contribution in [0.25, 0.3) is 0 Å². The van der Waals surface area contributed by atoms with E-state index < -0.39 is 19.0 Å². The van der Waals surface area contributed by atoms with E-state index in [1.165, 1.54) is 0 Å². The van der Waals surface area contributed by atoms with Crippen molar-refractivity contribution in [2.24, 2.45) is 0 Å². The number of carbonyl (C=O) groups is 1. The zero-order valence-electron chi connectivity index (χ0n) is 14.9. The molecule has 1 unspecified atom stereocenters. The molecule has 1 aliphatic heterocycles. The van der Waals surface area contributed by atoms with E-state index in [2.05, 4.69) is 5.32 Å². The highest BCUT2D eigenvalue weighted by Crippen LogP contribution is 2.32. The minimum absolute atomic E-state index is 0.141. The number of furan rings is 1. The van der Waals surface area contributed by atoms with Crippen LogP contribution >= 0.6 is 0 Å². The number of benzene rings is 1. The van der Waals surface area contributed by atoms with Crippen LogP contribution in [0.1, 0.15) is 30.2 Å². The molecular weight excluding hydrogens is 380 g/mol. The van der Waals surface area contributed by atoms with Crippen molar-refractivity contribution in [3.8, 4) is 0 Å². The maximum Gasteiger partial charge on any atom is 0.330 e. The van der Waals surface area contributed by atoms with Crippen LogP contribution in [0.4, 0.5) is 28.0 Å². The lowest BCUT2D eigenvalue weighted by molar-refractivity contribution is -0.168. The molecule has 1 fully saturated rings. The Morgan fingerprint density at radius 3 is 2.86 bits per heavy atom. The molecule has 1 aromatic heterocycles. The summed E-state index contributed by atoms with van der Waals surface area (Å²) in [6, 6.07) is 9.56. The van der Waals surface area contributed by atoms with E-state index in [0.717, 1.165) is 18.6 Å². The predicted octanol–water partition coefficient (Wildman–Crippen LogP) is 5.07. The van der Waals surface area contributed by atoms with Crippen molar-refractivity contribution in [3.63, 3.8) is 0 Å². The van der Waals surface area contributed by atoms with Gasteiger partial charge in [-0.15, -0.1) is 0 Å². The van der Waals surface area contributed by atoms with Crippen LogP contribution < -0.4 is 5.32 Å². The van der Waals surface area contributed by atoms with Gasteiger partial charge in [0.1, 0.15) is 12.4 Å². The number of rotatable bonds is 7. The maximum absolute atomic E-state index is 12.9. The van der Waals surface area contributed by atoms with Gasteiger partial charge in [0, 0.05) is 12.2 Å². The summed E-state index contributed by atoms with van der Waals surface area (Å²) in [7, 11) is 0. The Morgan fingerprint density at radius 1 is 1.32 bits per heavy atom. The molecule has 0 aliphatic carbocycles. The SMILES string of the molecule is O=C(Nc1cccc(COCC(F)(F)C(F)F)c1)N1CCCC1c1ccco1. The summed E-state index contributed by atoms with van der Waals surface area (Å²) >= 11 is 0. The first-order valence-corrected chi connectivity index (χ1v) is 8.80. The van der Waals surface area contributed by atoms with Crippen LogP contribution in [0.2, 0.25) is 0 Å². The average molecular weight is 400 g/mol. The highest BCUT2D eigenvalue weighted by Gasteiger charge is 2.41. The summed E-state index contributed by atoms with van der Waals surface area (Å²) < 4.78 is 60.1. The lowest BCUT2D eigenvalue weighted by Crippen LogP contribution is -2.34. The van der Waals surface area contributed by atoms with Gasteiger partial charge in [0.25, 0.3) is 0 Å². The third-order valence-electron chi connectivity index (χ3n) is 4.45. The summed E-state index contributed by atoms with van der Waals surface area (Å²) in [4.78, 5) is 14.3. The monoisotopic (exact) mass is 400 g/mol. The summed E-state index contributed by atoms with van der Waals surface area (Å²) in [5, 5.41) is 2.76. The number of carbonyl (C=O) groups excluding carboxylic acids is 1. The topological polar surface area (TPSA) is 54.7 Å². The van der Waals surface area contributed by atoms with Crippen LogP contribution in [0, 0.1) is 0 Å². The number of amides is 2. The number of nitrogens with one attached hydrogen (secondary N) is 1. The fourth-order valence-electron chi connectivity index (χ4n) is 3.09. The van der Waals surface area contributed by atoms with Crippen molar-refractivity contribution >= 4 is 11.7 Å². The van der Waals surface area contributed by atoms with Crippen molar-refractivity contribution in [1.82, 2.24) is 4.90 Å². The Hall–Kier alpha value is -2.55. The number of ether oxygens (including phenoxy) is 1. The smallest absolute Gasteiger partial charge is 0.330 e. The van der Waals surface area contributed by atoms with Gasteiger partial charge in [0.15, 0.2) is 0 Å². The van der Waals surface area contributed by atoms with Gasteiger partial charge in [-0.1, -0.05) is 12.1 Å². The number of halogens is 4. The highest BCUT2D eigenvalue weighted by atomic mass is 19.3. The van der Waals surface area contributed by atoms with Gasteiger partial charge < -0.3 is 19.4 Å². The molecule has 152 valence electrons. The maximum atomic E-state index is 12.9. The lowest BCUT2D eigenvalue weighted by Gasteiger charge is -2.23. The van der Waals surface area contributed by atoms with Crippen molar-refractivity contribution in [3.05, 3.63) is 54.0 Å². The molecule has 0 spiro atoms. The van der Waals surface area contributed by atoms with Crippen LogP contribution in [0.3, 0.4) is 0 Å². The first-order chi connectivity index (χ1) is 13.4. The van der Waals surface area contributed by atoms with Crippen LogP contribution in [-0.4, -0.2) is 36.4 Å². The van der Waals surface area contributed by atoms with Crippen LogP contribution in [-0.2, 0) is 11.3 Å². The number of hydrogen-bond acceptors (Lipinski definition) is 3. The molecule has 0 radical (unpaired) electrons. The standard InChI is InChI=1S/C19H20F4N2O3/c20-17(21)19(22,23)12-27-11-13-4-1-5-14(10-13)24-18(26)25-8-2-6-15(25)16-7-3-9-28-16/h1,3-5,7,9-10,15,17H,2,6,8,11-12H2,(H,24,26). The van der Waals surface area contributed by atoms with E-state index in [1.54, 1.807) is 41.5 Å². The number of anilines is 1. The molecule has 0 saturated carbocycles. The van der Waals surface area contributed by atoms with Gasteiger partial charge in [-0.3, -0.25) is 0 Å². The molecule has 3 rings (SSSR count). The van der Waals surface area contributed by atoms with Gasteiger partial charge in [-0.2, -0.15) is 8.78 Å². The van der Waals surface area contributed by atoms with E-state index in [9.17, 15) is 22.4 Å². The fraction of sp³-hybridized carbons (Fsp3) is 0.421. The zero-order valence-corrected chi connectivity index (χ0v) is 14.9. The third kappa shape index (κ3) is 4.83. The second kappa shape index (κ2) is 8.64. The first-order valence-electron chi connectivity index (χ1n) is 8.80. The summed E-state index contributed by atoms with van der Waals surface area (Å²) in [5.74, 6) is -3.47. The second-order valence-corrected chi connectivity index (χ2v) is 6.55. The fourth-order valence-corrected chi connectivity index (χ4v) is 3.09. The van der Waals surface area contributed by atoms with Gasteiger partial charge in [-0.25, -0.2) is 13.6 Å². The van der Waals surface area contributed by atoms with E-state index in [0.29, 0.717) is 17.8 Å². The first kappa shape index (κ1) is 20.2. The molecule has 28 heavy (non-hydrogen) atoms. The minimum Gasteiger partial charge on any atom is -0.467 e. The number of nitrogens with zero attached hydrogens (tertiary/aromatic N) is 1. The van der Waals surface area contributed by atoms with Gasteiger partial charge in [-0.05, 0) is 42.7 Å². The van der Waals surface area contributed by atoms with E-state index in [1.807, 2.05) is 6.07 Å². The Morgan fingerprint density at radius 2 is 2.14 bits per heavy atom. The van der Waals surface area contributed by atoms with Crippen molar-refractivity contribution < 1.29 is 31.5 Å². The lowest BCUT2D eigenvalue weighted by atomic mass is 10.2. The molecule has 2 aromatic rings. The molecule has 2 amide bonds. The van der Waals surface area contributed by atoms with E-state index in [4.69, 9.17) is 9.15 Å². The second-order valence-electron chi connectivity index (χ2n) is 6.55. The van der Waals surface area contributed by atoms with Gasteiger partial charge >= 0.3 is 18.4 Å². The quantitative estimate of drug-likeness (QED) is 0.661. The Labute approximate surface area is 159 Å². The Kier molecular flexibility index (Phi) is 6.23. The predicted molar refractivity (Wildman–Crippen MR) is 93.5 cm³/mol. The highest BCUT2D eigenvalue weighted by molar-refractivity contribution is 5.89. The zero-order chi connectivity index (χ0) is 20.1. The number of alkyl halides is 4. The molecule has 9 heteroatoms. The van der Waals surface area contributed by atoms with Crippen LogP contribution in [0.5, 0.6) is 0 Å². The normalized spacial score (nSPS) is 17.3. The molecule has 1 atom stereocenters. The largest absolute Gasteiger partial charge is 0.467 e. The molecule has 0 bridgehead atoms. The number of likely N-dealkylation sites (tertiary alicyclic amines) is 1. The van der Waals surface area contributed by atoms with Crippen LogP contribution in [0.15, 0.2) is 47.1 Å². The number of urea groups is 1. The van der Waals surface area contributed by atoms with Gasteiger partial charge in [0.05, 0.1) is 18.9 Å². The summed E-state index contributed by atoms with van der Waals surface area (Å²) in [6.45, 7) is -1.06. The van der Waals surface area contributed by atoms with E-state index >= 15 is 0 Å².